The number of hydrogen-bond donors (Lipinski definition) is 1. The Morgan fingerprint density at radius 2 is 1.82 bits per heavy atom. The van der Waals surface area contributed by atoms with E-state index in [0.717, 1.165) is 5.56 Å². The molecule has 0 spiro atoms. The summed E-state index contributed by atoms with van der Waals surface area (Å²) in [5, 5.41) is 14.5. The van der Waals surface area contributed by atoms with Crippen LogP contribution in [0.1, 0.15) is 18.1 Å². The number of carbonyl (C=O) groups excluding carboxylic acids is 2. The monoisotopic (exact) mass is 385 g/mol. The van der Waals surface area contributed by atoms with Gasteiger partial charge in [-0.3, -0.25) is 14.9 Å². The molecule has 0 heterocycles. The zero-order valence-corrected chi connectivity index (χ0v) is 15.2. The van der Waals surface area contributed by atoms with E-state index in [4.69, 9.17) is 9.47 Å². The number of carbonyl (C=O) groups is 2. The van der Waals surface area contributed by atoms with Crippen molar-refractivity contribution < 1.29 is 24.0 Å². The van der Waals surface area contributed by atoms with Crippen LogP contribution in [0.2, 0.25) is 0 Å². The summed E-state index contributed by atoms with van der Waals surface area (Å²) in [5.41, 5.74) is 3.72. The summed E-state index contributed by atoms with van der Waals surface area (Å²) in [7, 11) is 0. The maximum atomic E-state index is 11.9. The zero-order chi connectivity index (χ0) is 20.4. The summed E-state index contributed by atoms with van der Waals surface area (Å²) in [6.45, 7) is 1.85. The summed E-state index contributed by atoms with van der Waals surface area (Å²) in [4.78, 5) is 33.2. The maximum absolute atomic E-state index is 11.9. The molecule has 9 heteroatoms. The molecule has 0 radical (unpaired) electrons. The second-order valence-electron chi connectivity index (χ2n) is 5.56. The molecule has 0 unspecified atom stereocenters. The average molecular weight is 385 g/mol. The maximum Gasteiger partial charge on any atom is 0.344 e. The van der Waals surface area contributed by atoms with Gasteiger partial charge < -0.3 is 9.47 Å². The highest BCUT2D eigenvalue weighted by atomic mass is 16.6. The fourth-order valence-electron chi connectivity index (χ4n) is 2.13. The number of nitro benzene ring substituents is 1. The van der Waals surface area contributed by atoms with Crippen LogP contribution in [0.15, 0.2) is 53.6 Å². The Labute approximate surface area is 161 Å². The molecule has 2 aromatic rings. The van der Waals surface area contributed by atoms with Crippen LogP contribution in [0.5, 0.6) is 5.75 Å². The van der Waals surface area contributed by atoms with Crippen LogP contribution in [-0.2, 0) is 20.7 Å². The van der Waals surface area contributed by atoms with Crippen LogP contribution in [-0.4, -0.2) is 36.2 Å². The number of nitro groups is 1. The van der Waals surface area contributed by atoms with Gasteiger partial charge in [-0.2, -0.15) is 5.10 Å². The van der Waals surface area contributed by atoms with E-state index in [1.807, 2.05) is 0 Å². The molecule has 146 valence electrons. The minimum atomic E-state index is -0.499. The molecule has 2 rings (SSSR count). The van der Waals surface area contributed by atoms with Crippen molar-refractivity contribution in [3.8, 4) is 5.75 Å². The Hall–Kier alpha value is -3.75. The quantitative estimate of drug-likeness (QED) is 0.306. The van der Waals surface area contributed by atoms with Gasteiger partial charge in [0, 0.05) is 12.1 Å². The number of esters is 1. The molecule has 0 saturated carbocycles. The van der Waals surface area contributed by atoms with Crippen LogP contribution in [0.4, 0.5) is 5.69 Å². The lowest BCUT2D eigenvalue weighted by Gasteiger charge is -2.05. The van der Waals surface area contributed by atoms with Gasteiger partial charge in [-0.05, 0) is 42.3 Å². The molecule has 9 nitrogen and oxygen atoms in total. The first-order valence-electron chi connectivity index (χ1n) is 8.41. The topological polar surface area (TPSA) is 120 Å². The first kappa shape index (κ1) is 20.6. The van der Waals surface area contributed by atoms with Crippen LogP contribution in [0.25, 0.3) is 0 Å². The second kappa shape index (κ2) is 10.4. The van der Waals surface area contributed by atoms with Crippen molar-refractivity contribution >= 4 is 23.8 Å². The molecule has 1 N–H and O–H groups in total. The van der Waals surface area contributed by atoms with Gasteiger partial charge in [0.05, 0.1) is 24.2 Å². The van der Waals surface area contributed by atoms with Gasteiger partial charge in [-0.15, -0.1) is 0 Å². The number of nitrogens with one attached hydrogen (secondary N) is 1. The highest BCUT2D eigenvalue weighted by Gasteiger charge is 2.07. The molecule has 0 saturated heterocycles. The van der Waals surface area contributed by atoms with Gasteiger partial charge in [0.15, 0.2) is 6.61 Å². The van der Waals surface area contributed by atoms with Crippen molar-refractivity contribution in [1.29, 1.82) is 0 Å². The molecular weight excluding hydrogens is 366 g/mol. The van der Waals surface area contributed by atoms with Crippen LogP contribution in [0.3, 0.4) is 0 Å². The van der Waals surface area contributed by atoms with Gasteiger partial charge in [0.2, 0.25) is 5.91 Å². The number of benzene rings is 2. The van der Waals surface area contributed by atoms with Crippen molar-refractivity contribution in [2.24, 2.45) is 5.10 Å². The molecule has 0 aliphatic heterocycles. The van der Waals surface area contributed by atoms with Crippen LogP contribution < -0.4 is 10.2 Å². The Morgan fingerprint density at radius 3 is 2.43 bits per heavy atom. The van der Waals surface area contributed by atoms with Crippen LogP contribution >= 0.6 is 0 Å². The summed E-state index contributed by atoms with van der Waals surface area (Å²) in [5.74, 6) is -0.282. The first-order valence-corrected chi connectivity index (χ1v) is 8.41. The lowest BCUT2D eigenvalue weighted by atomic mass is 10.1. The molecule has 0 atom stereocenters. The number of nitrogens with zero attached hydrogens (tertiary/aromatic N) is 2. The van der Waals surface area contributed by atoms with E-state index < -0.39 is 10.9 Å². The van der Waals surface area contributed by atoms with E-state index in [9.17, 15) is 19.7 Å². The Balaban J connectivity index is 1.79. The summed E-state index contributed by atoms with van der Waals surface area (Å²) >= 11 is 0. The lowest BCUT2D eigenvalue weighted by Crippen LogP contribution is -2.19. The minimum Gasteiger partial charge on any atom is -0.482 e. The highest BCUT2D eigenvalue weighted by molar-refractivity contribution is 5.83. The molecule has 0 fully saturated rings. The summed E-state index contributed by atoms with van der Waals surface area (Å²) < 4.78 is 10.0. The lowest BCUT2D eigenvalue weighted by molar-refractivity contribution is -0.384. The molecule has 0 bridgehead atoms. The fourth-order valence-corrected chi connectivity index (χ4v) is 2.13. The van der Waals surface area contributed by atoms with Gasteiger partial charge in [-0.1, -0.05) is 12.1 Å². The second-order valence-corrected chi connectivity index (χ2v) is 5.56. The highest BCUT2D eigenvalue weighted by Crippen LogP contribution is 2.12. The van der Waals surface area contributed by atoms with Crippen molar-refractivity contribution in [2.75, 3.05) is 13.2 Å². The average Bonchev–Trinajstić information content (AvgIpc) is 2.68. The number of rotatable bonds is 9. The predicted octanol–water partition coefficient (Wildman–Crippen LogP) is 2.23. The summed E-state index contributed by atoms with van der Waals surface area (Å²) in [6, 6.07) is 12.5. The Morgan fingerprint density at radius 1 is 1.14 bits per heavy atom. The molecule has 2 aromatic carbocycles. The molecule has 28 heavy (non-hydrogen) atoms. The number of ether oxygens (including phenoxy) is 2. The van der Waals surface area contributed by atoms with Crippen molar-refractivity contribution in [2.45, 2.75) is 13.3 Å². The number of non-ortho nitro benzene ring substituents is 1. The standard InChI is InChI=1S/C19H19N3O6/c1-2-27-19(24)13-28-17-9-5-15(6-10-17)12-20-21-18(23)11-14-3-7-16(8-4-14)22(25)26/h3-10,12H,2,11,13H2,1H3,(H,21,23)/b20-12-. The largest absolute Gasteiger partial charge is 0.482 e. The summed E-state index contributed by atoms with van der Waals surface area (Å²) in [6.07, 6.45) is 1.51. The van der Waals surface area contributed by atoms with Gasteiger partial charge >= 0.3 is 5.97 Å². The van der Waals surface area contributed by atoms with E-state index in [2.05, 4.69) is 10.5 Å². The van der Waals surface area contributed by atoms with Gasteiger partial charge in [-0.25, -0.2) is 10.2 Å². The van der Waals surface area contributed by atoms with Gasteiger partial charge in [0.25, 0.3) is 5.69 Å². The number of hydrogen-bond acceptors (Lipinski definition) is 7. The van der Waals surface area contributed by atoms with E-state index in [1.54, 1.807) is 31.2 Å². The predicted molar refractivity (Wildman–Crippen MR) is 101 cm³/mol. The van der Waals surface area contributed by atoms with E-state index in [-0.39, 0.29) is 24.6 Å². The van der Waals surface area contributed by atoms with Crippen molar-refractivity contribution in [3.63, 3.8) is 0 Å². The van der Waals surface area contributed by atoms with Crippen molar-refractivity contribution in [3.05, 3.63) is 69.8 Å². The third-order valence-electron chi connectivity index (χ3n) is 3.46. The Bertz CT molecular complexity index is 847. The van der Waals surface area contributed by atoms with E-state index in [0.29, 0.717) is 17.9 Å². The molecule has 0 aliphatic carbocycles. The van der Waals surface area contributed by atoms with Crippen LogP contribution in [0, 0.1) is 10.1 Å². The van der Waals surface area contributed by atoms with Crippen molar-refractivity contribution in [1.82, 2.24) is 5.43 Å². The fraction of sp³-hybridized carbons (Fsp3) is 0.211. The molecule has 0 aromatic heterocycles. The normalized spacial score (nSPS) is 10.5. The van der Waals surface area contributed by atoms with Gasteiger partial charge in [0.1, 0.15) is 5.75 Å². The minimum absolute atomic E-state index is 0.0307. The SMILES string of the molecule is CCOC(=O)COc1ccc(/C=N\NC(=O)Cc2ccc([N+](=O)[O-])cc2)cc1. The third kappa shape index (κ3) is 6.87. The third-order valence-corrected chi connectivity index (χ3v) is 3.46. The smallest absolute Gasteiger partial charge is 0.344 e. The molecular formula is C19H19N3O6. The first-order chi connectivity index (χ1) is 13.5. The number of amides is 1. The molecule has 0 aliphatic rings. The zero-order valence-electron chi connectivity index (χ0n) is 15.2. The molecule has 1 amide bonds. The van der Waals surface area contributed by atoms with E-state index in [1.165, 1.54) is 30.5 Å². The number of hydrazone groups is 1. The Kier molecular flexibility index (Phi) is 7.64. The van der Waals surface area contributed by atoms with E-state index >= 15 is 0 Å².